The van der Waals surface area contributed by atoms with Crippen molar-refractivity contribution in [2.24, 2.45) is 0 Å². The van der Waals surface area contributed by atoms with Crippen LogP contribution >= 0.6 is 0 Å². The van der Waals surface area contributed by atoms with Crippen LogP contribution in [0.5, 0.6) is 5.75 Å². The number of benzene rings is 1. The predicted molar refractivity (Wildman–Crippen MR) is 90.3 cm³/mol. The van der Waals surface area contributed by atoms with Crippen molar-refractivity contribution in [2.75, 3.05) is 24.6 Å². The summed E-state index contributed by atoms with van der Waals surface area (Å²) in [6.07, 6.45) is 5.10. The quantitative estimate of drug-likeness (QED) is 0.822. The number of nitrogens with zero attached hydrogens (tertiary/aromatic N) is 1. The topological polar surface area (TPSA) is 24.5 Å². The summed E-state index contributed by atoms with van der Waals surface area (Å²) in [5.41, 5.74) is 2.57. The lowest BCUT2D eigenvalue weighted by molar-refractivity contribution is 0.339. The van der Waals surface area contributed by atoms with Gasteiger partial charge in [-0.15, -0.1) is 0 Å². The molecule has 0 aromatic heterocycles. The molecule has 1 N–H and O–H groups in total. The third-order valence-electron chi connectivity index (χ3n) is 4.29. The van der Waals surface area contributed by atoms with Gasteiger partial charge in [-0.05, 0) is 57.2 Å². The Morgan fingerprint density at radius 2 is 1.95 bits per heavy atom. The highest BCUT2D eigenvalue weighted by Crippen LogP contribution is 2.31. The van der Waals surface area contributed by atoms with Crippen LogP contribution in [-0.4, -0.2) is 25.7 Å². The molecule has 0 saturated carbocycles. The Hall–Kier alpha value is -1.22. The van der Waals surface area contributed by atoms with Crippen LogP contribution in [0.4, 0.5) is 5.69 Å². The summed E-state index contributed by atoms with van der Waals surface area (Å²) in [5.74, 6) is 1.04. The molecule has 0 aliphatic carbocycles. The maximum Gasteiger partial charge on any atom is 0.142 e. The van der Waals surface area contributed by atoms with Crippen LogP contribution in [0.2, 0.25) is 0 Å². The van der Waals surface area contributed by atoms with E-state index in [0.717, 1.165) is 38.4 Å². The third kappa shape index (κ3) is 4.63. The minimum Gasteiger partial charge on any atom is -0.492 e. The average Bonchev–Trinajstić information content (AvgIpc) is 2.54. The summed E-state index contributed by atoms with van der Waals surface area (Å²) in [4.78, 5) is 2.47. The molecule has 1 aromatic rings. The van der Waals surface area contributed by atoms with Crippen LogP contribution in [0.1, 0.15) is 52.0 Å². The first-order chi connectivity index (χ1) is 10.2. The Morgan fingerprint density at radius 3 is 2.62 bits per heavy atom. The molecule has 1 atom stereocenters. The van der Waals surface area contributed by atoms with E-state index in [2.05, 4.69) is 49.2 Å². The minimum atomic E-state index is 0.558. The highest BCUT2D eigenvalue weighted by atomic mass is 16.5. The monoisotopic (exact) mass is 290 g/mol. The van der Waals surface area contributed by atoms with E-state index in [4.69, 9.17) is 4.74 Å². The number of nitrogens with one attached hydrogen (secondary N) is 1. The summed E-state index contributed by atoms with van der Waals surface area (Å²) in [5, 5.41) is 3.55. The van der Waals surface area contributed by atoms with Crippen molar-refractivity contribution in [1.29, 1.82) is 0 Å². The molecule has 1 heterocycles. The number of anilines is 1. The maximum atomic E-state index is 5.89. The molecule has 3 nitrogen and oxygen atoms in total. The predicted octanol–water partition coefficient (Wildman–Crippen LogP) is 3.96. The van der Waals surface area contributed by atoms with Crippen LogP contribution in [0, 0.1) is 0 Å². The molecule has 1 aliphatic rings. The third-order valence-corrected chi connectivity index (χ3v) is 4.29. The molecule has 0 spiro atoms. The van der Waals surface area contributed by atoms with Gasteiger partial charge in [-0.3, -0.25) is 0 Å². The molecule has 0 amide bonds. The van der Waals surface area contributed by atoms with Crippen molar-refractivity contribution in [2.45, 2.75) is 59.0 Å². The van der Waals surface area contributed by atoms with Crippen molar-refractivity contribution in [3.8, 4) is 5.75 Å². The fourth-order valence-corrected chi connectivity index (χ4v) is 2.77. The van der Waals surface area contributed by atoms with Gasteiger partial charge in [-0.2, -0.15) is 0 Å². The van der Waals surface area contributed by atoms with Gasteiger partial charge in [0.05, 0.1) is 12.3 Å². The van der Waals surface area contributed by atoms with Gasteiger partial charge < -0.3 is 15.0 Å². The molecule has 3 heteroatoms. The second kappa shape index (κ2) is 8.28. The first kappa shape index (κ1) is 16.2. The van der Waals surface area contributed by atoms with Crippen molar-refractivity contribution in [3.05, 3.63) is 23.8 Å². The van der Waals surface area contributed by atoms with Gasteiger partial charge in [0.2, 0.25) is 0 Å². The molecule has 0 radical (unpaired) electrons. The Bertz CT molecular complexity index is 427. The van der Waals surface area contributed by atoms with E-state index in [1.165, 1.54) is 30.5 Å². The number of hydrogen-bond donors (Lipinski definition) is 1. The average molecular weight is 290 g/mol. The van der Waals surface area contributed by atoms with Gasteiger partial charge in [0.25, 0.3) is 0 Å². The van der Waals surface area contributed by atoms with Crippen molar-refractivity contribution in [3.63, 3.8) is 0 Å². The number of rotatable bonds is 7. The van der Waals surface area contributed by atoms with Gasteiger partial charge >= 0.3 is 0 Å². The summed E-state index contributed by atoms with van der Waals surface area (Å²) in [6.45, 7) is 10.5. The Balaban J connectivity index is 2.10. The molecule has 1 unspecified atom stereocenters. The lowest BCUT2D eigenvalue weighted by Crippen LogP contribution is -2.30. The van der Waals surface area contributed by atoms with E-state index < -0.39 is 0 Å². The van der Waals surface area contributed by atoms with E-state index in [1.807, 2.05) is 0 Å². The van der Waals surface area contributed by atoms with Crippen molar-refractivity contribution in [1.82, 2.24) is 5.32 Å². The summed E-state index contributed by atoms with van der Waals surface area (Å²) >= 11 is 0. The van der Waals surface area contributed by atoms with E-state index in [-0.39, 0.29) is 0 Å². The lowest BCUT2D eigenvalue weighted by atomic mass is 10.1. The molecule has 1 fully saturated rings. The molecule has 1 aromatic carbocycles. The molecule has 1 aliphatic heterocycles. The van der Waals surface area contributed by atoms with Crippen LogP contribution in [-0.2, 0) is 6.54 Å². The highest BCUT2D eigenvalue weighted by molar-refractivity contribution is 5.60. The number of hydrogen-bond acceptors (Lipinski definition) is 3. The zero-order valence-corrected chi connectivity index (χ0v) is 13.8. The molecule has 21 heavy (non-hydrogen) atoms. The molecule has 118 valence electrons. The Labute approximate surface area is 129 Å². The minimum absolute atomic E-state index is 0.558. The molecule has 1 saturated heterocycles. The van der Waals surface area contributed by atoms with Crippen LogP contribution < -0.4 is 15.0 Å². The zero-order chi connectivity index (χ0) is 15.1. The molecular formula is C18H30N2O. The maximum absolute atomic E-state index is 5.89. The first-order valence-corrected chi connectivity index (χ1v) is 8.48. The second-order valence-electron chi connectivity index (χ2n) is 5.97. The Kier molecular flexibility index (Phi) is 6.37. The van der Waals surface area contributed by atoms with E-state index in [1.54, 1.807) is 0 Å². The van der Waals surface area contributed by atoms with E-state index in [9.17, 15) is 0 Å². The van der Waals surface area contributed by atoms with Crippen molar-refractivity contribution < 1.29 is 4.74 Å². The number of piperidine rings is 1. The largest absolute Gasteiger partial charge is 0.492 e. The van der Waals surface area contributed by atoms with Crippen LogP contribution in [0.3, 0.4) is 0 Å². The van der Waals surface area contributed by atoms with Crippen LogP contribution in [0.25, 0.3) is 0 Å². The van der Waals surface area contributed by atoms with Gasteiger partial charge in [0.15, 0.2) is 0 Å². The highest BCUT2D eigenvalue weighted by Gasteiger charge is 2.15. The van der Waals surface area contributed by atoms with Gasteiger partial charge in [0, 0.05) is 25.7 Å². The fourth-order valence-electron chi connectivity index (χ4n) is 2.77. The lowest BCUT2D eigenvalue weighted by Gasteiger charge is -2.30. The standard InChI is InChI=1S/C18H30N2O/c1-4-15(3)19-14-16-9-10-17(18(13-16)21-5-2)20-11-7-6-8-12-20/h9-10,13,15,19H,4-8,11-12,14H2,1-3H3. The first-order valence-electron chi connectivity index (χ1n) is 8.48. The van der Waals surface area contributed by atoms with Gasteiger partial charge in [-0.1, -0.05) is 13.0 Å². The SMILES string of the molecule is CCOc1cc(CNC(C)CC)ccc1N1CCCCC1. The number of ether oxygens (including phenoxy) is 1. The Morgan fingerprint density at radius 1 is 1.19 bits per heavy atom. The second-order valence-corrected chi connectivity index (χ2v) is 5.97. The summed E-state index contributed by atoms with van der Waals surface area (Å²) in [6, 6.07) is 7.25. The summed E-state index contributed by atoms with van der Waals surface area (Å²) < 4.78 is 5.89. The molecule has 0 bridgehead atoms. The van der Waals surface area contributed by atoms with Gasteiger partial charge in [-0.25, -0.2) is 0 Å². The van der Waals surface area contributed by atoms with E-state index in [0.29, 0.717) is 6.04 Å². The molecular weight excluding hydrogens is 260 g/mol. The summed E-state index contributed by atoms with van der Waals surface area (Å²) in [7, 11) is 0. The van der Waals surface area contributed by atoms with Gasteiger partial charge in [0.1, 0.15) is 5.75 Å². The van der Waals surface area contributed by atoms with E-state index >= 15 is 0 Å². The fraction of sp³-hybridized carbons (Fsp3) is 0.667. The normalized spacial score (nSPS) is 16.8. The smallest absolute Gasteiger partial charge is 0.142 e. The van der Waals surface area contributed by atoms with Crippen molar-refractivity contribution >= 4 is 5.69 Å². The zero-order valence-electron chi connectivity index (χ0n) is 13.8. The molecule has 2 rings (SSSR count). The van der Waals surface area contributed by atoms with Crippen LogP contribution in [0.15, 0.2) is 18.2 Å².